The van der Waals surface area contributed by atoms with Gasteiger partial charge in [-0.05, 0) is 36.3 Å². The first-order valence-electron chi connectivity index (χ1n) is 12.2. The number of para-hydroxylation sites is 1. The van der Waals surface area contributed by atoms with Crippen molar-refractivity contribution in [2.24, 2.45) is 0 Å². The van der Waals surface area contributed by atoms with Crippen LogP contribution in [0.5, 0.6) is 5.75 Å². The summed E-state index contributed by atoms with van der Waals surface area (Å²) in [4.78, 5) is 22.6. The number of hydrogen-bond acceptors (Lipinski definition) is 6. The molecule has 0 aliphatic rings. The van der Waals surface area contributed by atoms with E-state index in [0.29, 0.717) is 23.5 Å². The number of thioether (sulfide) groups is 1. The summed E-state index contributed by atoms with van der Waals surface area (Å²) in [7, 11) is 0. The monoisotopic (exact) mass is 518 g/mol. The molecule has 1 aromatic heterocycles. The Labute approximate surface area is 220 Å². The molecule has 6 nitrogen and oxygen atoms in total. The second-order valence-electron chi connectivity index (χ2n) is 8.77. The Morgan fingerprint density at radius 3 is 2.19 bits per heavy atom. The van der Waals surface area contributed by atoms with Gasteiger partial charge in [-0.15, -0.1) is 11.8 Å². The Balaban J connectivity index is 1.61. The first-order valence-corrected chi connectivity index (χ1v) is 13.2. The fraction of sp³-hybridized carbons (Fsp3) is 0.267. The van der Waals surface area contributed by atoms with Gasteiger partial charge in [0.05, 0.1) is 5.25 Å². The number of aryl methyl sites for hydroxylation is 1. The lowest BCUT2D eigenvalue weighted by molar-refractivity contribution is -0.145. The van der Waals surface area contributed by atoms with E-state index in [4.69, 9.17) is 19.0 Å². The molecule has 4 aromatic rings. The molecule has 4 rings (SSSR count). The molecule has 0 amide bonds. The maximum atomic E-state index is 11.5. The van der Waals surface area contributed by atoms with E-state index in [1.54, 1.807) is 6.07 Å². The van der Waals surface area contributed by atoms with Crippen LogP contribution in [0, 0.1) is 0 Å². The Kier molecular flexibility index (Phi) is 8.90. The number of rotatable bonds is 12. The zero-order valence-electron chi connectivity index (χ0n) is 20.9. The third-order valence-electron chi connectivity index (χ3n) is 5.90. The van der Waals surface area contributed by atoms with Crippen molar-refractivity contribution in [2.75, 3.05) is 12.4 Å². The first-order chi connectivity index (χ1) is 17.9. The topological polar surface area (TPSA) is 86.0 Å². The van der Waals surface area contributed by atoms with Gasteiger partial charge in [-0.2, -0.15) is 0 Å². The Hall–Kier alpha value is -3.71. The molecule has 1 atom stereocenters. The summed E-state index contributed by atoms with van der Waals surface area (Å²) in [6.07, 6.45) is 0.764. The zero-order valence-corrected chi connectivity index (χ0v) is 21.7. The van der Waals surface area contributed by atoms with Crippen LogP contribution >= 0.6 is 11.8 Å². The quantitative estimate of drug-likeness (QED) is 0.216. The minimum Gasteiger partial charge on any atom is -0.479 e. The predicted octanol–water partition coefficient (Wildman–Crippen LogP) is 6.46. The first kappa shape index (κ1) is 26.4. The van der Waals surface area contributed by atoms with Gasteiger partial charge in [0, 0.05) is 24.3 Å². The molecule has 0 radical (unpaired) electrons. The van der Waals surface area contributed by atoms with E-state index >= 15 is 0 Å². The number of carboxylic acids is 1. The maximum absolute atomic E-state index is 11.5. The van der Waals surface area contributed by atoms with Gasteiger partial charge in [0.25, 0.3) is 0 Å². The number of aliphatic carboxylic acids is 1. The molecule has 0 saturated carbocycles. The number of carbonyl (C=O) groups is 2. The molecule has 0 spiro atoms. The summed E-state index contributed by atoms with van der Waals surface area (Å²) >= 11 is 1.86. The number of carboxylic acid groups (broad SMARTS) is 1. The summed E-state index contributed by atoms with van der Waals surface area (Å²) in [6.45, 7) is 2.76. The minimum atomic E-state index is -1.06. The van der Waals surface area contributed by atoms with Crippen molar-refractivity contribution >= 4 is 34.7 Å². The molecule has 7 heteroatoms. The number of hydrogen-bond donors (Lipinski definition) is 1. The number of fused-ring (bicyclic) bond motifs is 1. The molecule has 3 aromatic carbocycles. The highest BCUT2D eigenvalue weighted by molar-refractivity contribution is 7.99. The van der Waals surface area contributed by atoms with Crippen LogP contribution in [0.15, 0.2) is 83.3 Å². The third-order valence-corrected chi connectivity index (χ3v) is 7.22. The zero-order chi connectivity index (χ0) is 26.2. The third kappa shape index (κ3) is 6.95. The average Bonchev–Trinajstić information content (AvgIpc) is 3.23. The summed E-state index contributed by atoms with van der Waals surface area (Å²) in [5, 5.41) is 10.1. The Morgan fingerprint density at radius 2 is 1.59 bits per heavy atom. The summed E-state index contributed by atoms with van der Waals surface area (Å²) in [5.74, 6) is 0.507. The van der Waals surface area contributed by atoms with Gasteiger partial charge in [0.2, 0.25) is 0 Å². The van der Waals surface area contributed by atoms with Crippen LogP contribution in [0.1, 0.15) is 41.5 Å². The maximum Gasteiger partial charge on any atom is 0.341 e. The fourth-order valence-corrected chi connectivity index (χ4v) is 5.65. The molecule has 192 valence electrons. The molecule has 0 aliphatic heterocycles. The molecular weight excluding hydrogens is 488 g/mol. The predicted molar refractivity (Wildman–Crippen MR) is 145 cm³/mol. The number of ether oxygens (including phenoxy) is 2. The molecule has 1 N–H and O–H groups in total. The van der Waals surface area contributed by atoms with Crippen molar-refractivity contribution in [3.63, 3.8) is 0 Å². The summed E-state index contributed by atoms with van der Waals surface area (Å²) < 4.78 is 17.1. The van der Waals surface area contributed by atoms with Gasteiger partial charge in [-0.1, -0.05) is 72.8 Å². The van der Waals surface area contributed by atoms with Crippen molar-refractivity contribution in [3.05, 3.63) is 101 Å². The Morgan fingerprint density at radius 1 is 0.946 bits per heavy atom. The van der Waals surface area contributed by atoms with Crippen molar-refractivity contribution in [3.8, 4) is 5.75 Å². The van der Waals surface area contributed by atoms with E-state index in [2.05, 4.69) is 48.5 Å². The van der Waals surface area contributed by atoms with Gasteiger partial charge in [-0.3, -0.25) is 4.79 Å². The van der Waals surface area contributed by atoms with E-state index in [1.807, 2.05) is 43.0 Å². The van der Waals surface area contributed by atoms with Gasteiger partial charge < -0.3 is 19.0 Å². The molecule has 1 unspecified atom stereocenters. The van der Waals surface area contributed by atoms with Gasteiger partial charge in [0.15, 0.2) is 17.9 Å². The van der Waals surface area contributed by atoms with Crippen LogP contribution in [-0.2, 0) is 27.2 Å². The van der Waals surface area contributed by atoms with E-state index in [9.17, 15) is 9.59 Å². The molecule has 0 saturated heterocycles. The van der Waals surface area contributed by atoms with Crippen LogP contribution in [0.2, 0.25) is 0 Å². The van der Waals surface area contributed by atoms with Crippen LogP contribution in [0.3, 0.4) is 0 Å². The molecule has 1 heterocycles. The highest BCUT2D eigenvalue weighted by Gasteiger charge is 2.22. The van der Waals surface area contributed by atoms with E-state index in [1.165, 1.54) is 18.1 Å². The van der Waals surface area contributed by atoms with E-state index in [-0.39, 0.29) is 17.3 Å². The molecular formula is C30H30O6S. The van der Waals surface area contributed by atoms with E-state index in [0.717, 1.165) is 23.1 Å². The average molecular weight is 519 g/mol. The summed E-state index contributed by atoms with van der Waals surface area (Å²) in [6, 6.07) is 26.4. The van der Waals surface area contributed by atoms with E-state index < -0.39 is 12.6 Å². The van der Waals surface area contributed by atoms with Crippen molar-refractivity contribution in [1.29, 1.82) is 0 Å². The minimum absolute atomic E-state index is 0.179. The van der Waals surface area contributed by atoms with Crippen LogP contribution in [0.4, 0.5) is 0 Å². The normalized spacial score (nSPS) is 12.0. The second-order valence-corrected chi connectivity index (χ2v) is 9.98. The highest BCUT2D eigenvalue weighted by Crippen LogP contribution is 2.38. The highest BCUT2D eigenvalue weighted by atomic mass is 32.2. The van der Waals surface area contributed by atoms with Crippen molar-refractivity contribution < 1.29 is 28.6 Å². The second kappa shape index (κ2) is 12.5. The number of furan rings is 1. The number of carbonyl (C=O) groups excluding carboxylic acids is 1. The summed E-state index contributed by atoms with van der Waals surface area (Å²) in [5.41, 5.74) is 4.01. The molecule has 0 bridgehead atoms. The largest absolute Gasteiger partial charge is 0.479 e. The lowest BCUT2D eigenvalue weighted by atomic mass is 10.0. The fourth-order valence-electron chi connectivity index (χ4n) is 4.39. The molecule has 0 fully saturated rings. The van der Waals surface area contributed by atoms with Crippen LogP contribution < -0.4 is 4.74 Å². The SMILES string of the molecule is CC(=O)OC(C)Cc1oc2c(OCC(=O)O)cccc2c1CCSC(c1ccccc1)c1ccccc1. The van der Waals surface area contributed by atoms with Crippen molar-refractivity contribution in [1.82, 2.24) is 0 Å². The smallest absolute Gasteiger partial charge is 0.341 e. The lowest BCUT2D eigenvalue weighted by Crippen LogP contribution is -2.15. The Bertz CT molecular complexity index is 1290. The van der Waals surface area contributed by atoms with Gasteiger partial charge in [0.1, 0.15) is 11.9 Å². The lowest BCUT2D eigenvalue weighted by Gasteiger charge is -2.18. The van der Waals surface area contributed by atoms with Gasteiger partial charge >= 0.3 is 11.9 Å². The van der Waals surface area contributed by atoms with Crippen molar-refractivity contribution in [2.45, 2.75) is 38.0 Å². The number of esters is 1. The van der Waals surface area contributed by atoms with Crippen LogP contribution in [-0.4, -0.2) is 35.5 Å². The number of benzene rings is 3. The van der Waals surface area contributed by atoms with Crippen LogP contribution in [0.25, 0.3) is 11.0 Å². The molecule has 37 heavy (non-hydrogen) atoms. The molecule has 0 aliphatic carbocycles. The van der Waals surface area contributed by atoms with Gasteiger partial charge in [-0.25, -0.2) is 4.79 Å². The standard InChI is InChI=1S/C30H30O6S/c1-20(35-21(2)31)18-27-24(25-14-9-15-26(29(25)36-27)34-19-28(32)33)16-17-37-30(22-10-5-3-6-11-22)23-12-7-4-8-13-23/h3-15,20,30H,16-19H2,1-2H3,(H,32,33).